The van der Waals surface area contributed by atoms with Crippen LogP contribution in [0.3, 0.4) is 0 Å². The number of nitrogens with one attached hydrogen (secondary N) is 2. The highest BCUT2D eigenvalue weighted by molar-refractivity contribution is 7.13. The van der Waals surface area contributed by atoms with Crippen molar-refractivity contribution in [2.45, 2.75) is 83.4 Å². The molecule has 9 rings (SSSR count). The molecular formula is C45H48N8O6S. The number of para-hydroxylation sites is 1. The summed E-state index contributed by atoms with van der Waals surface area (Å²) in [5, 5.41) is 38.0. The second kappa shape index (κ2) is 16.3. The van der Waals surface area contributed by atoms with Crippen LogP contribution in [-0.2, 0) is 33.8 Å². The number of hydrogen-bond donors (Lipinski definition) is 4. The van der Waals surface area contributed by atoms with Gasteiger partial charge in [-0.15, -0.1) is 21.5 Å². The average molecular weight is 829 g/mol. The number of rotatable bonds is 11. The standard InChI is InChI=1S/C45H48N8O6S/c1-24(2)32(17-41(56)53-22-30(54)15-38(53)44(57)46-19-26-8-10-27(11-9-26)42-25(3)47-23-60-42)40-18-36(51-59-40)29-20-52(21-29)45(58)28-12-13-35-33(14-28)34-16-37(49-50-43(34)48-35)31-6-4-5-7-39(31)55/h4-11,16,18,23-24,28-30,32,38,54-55H,12-15,17,19-22H2,1-3H3,(H,46,57)(H,48,50)/t28-,30+,32+,38-/m0/s1. The lowest BCUT2D eigenvalue weighted by Gasteiger charge is -2.40. The Balaban J connectivity index is 0.798. The minimum Gasteiger partial charge on any atom is -0.507 e. The lowest BCUT2D eigenvalue weighted by molar-refractivity contribution is -0.140. The summed E-state index contributed by atoms with van der Waals surface area (Å²) in [4.78, 5) is 53.3. The van der Waals surface area contributed by atoms with Gasteiger partial charge in [0.05, 0.1) is 33.6 Å². The first-order chi connectivity index (χ1) is 29.0. The predicted octanol–water partition coefficient (Wildman–Crippen LogP) is 5.89. The number of aromatic amines is 1. The monoisotopic (exact) mass is 828 g/mol. The normalized spacial score (nSPS) is 19.7. The van der Waals surface area contributed by atoms with Gasteiger partial charge in [-0.3, -0.25) is 14.4 Å². The summed E-state index contributed by atoms with van der Waals surface area (Å²) in [6, 6.07) is 18.1. The Bertz CT molecular complexity index is 2560. The number of phenols is 1. The number of amides is 3. The number of nitrogens with zero attached hydrogens (tertiary/aromatic N) is 6. The van der Waals surface area contributed by atoms with Gasteiger partial charge in [0.2, 0.25) is 17.7 Å². The minimum absolute atomic E-state index is 0.0217. The number of carbonyl (C=O) groups excluding carboxylic acids is 3. The van der Waals surface area contributed by atoms with Crippen molar-refractivity contribution in [3.8, 4) is 27.4 Å². The Kier molecular flexibility index (Phi) is 10.7. The molecule has 4 atom stereocenters. The molecule has 2 aromatic carbocycles. The van der Waals surface area contributed by atoms with Crippen molar-refractivity contribution in [2.24, 2.45) is 11.8 Å². The molecule has 2 saturated heterocycles. The summed E-state index contributed by atoms with van der Waals surface area (Å²) in [7, 11) is 0. The summed E-state index contributed by atoms with van der Waals surface area (Å²) in [6.07, 6.45) is 1.55. The smallest absolute Gasteiger partial charge is 0.243 e. The topological polar surface area (TPSA) is 191 Å². The van der Waals surface area contributed by atoms with E-state index < -0.39 is 12.1 Å². The number of H-pyrrole nitrogens is 1. The third-order valence-corrected chi connectivity index (χ3v) is 13.5. The maximum absolute atomic E-state index is 13.9. The molecule has 0 saturated carbocycles. The summed E-state index contributed by atoms with van der Waals surface area (Å²) in [5.41, 5.74) is 9.59. The molecule has 4 N–H and O–H groups in total. The van der Waals surface area contributed by atoms with E-state index in [-0.39, 0.29) is 66.5 Å². The molecule has 0 radical (unpaired) electrons. The van der Waals surface area contributed by atoms with Crippen LogP contribution in [0.15, 0.2) is 70.7 Å². The Morgan fingerprint density at radius 3 is 2.60 bits per heavy atom. The van der Waals surface area contributed by atoms with Crippen LogP contribution >= 0.6 is 11.3 Å². The summed E-state index contributed by atoms with van der Waals surface area (Å²) in [5.74, 6) is -0.0568. The molecule has 3 aliphatic rings. The molecule has 14 nitrogen and oxygen atoms in total. The first kappa shape index (κ1) is 39.5. The number of carbonyl (C=O) groups is 3. The number of aliphatic hydroxyl groups is 1. The van der Waals surface area contributed by atoms with E-state index in [4.69, 9.17) is 4.52 Å². The molecule has 2 aliphatic heterocycles. The number of aromatic nitrogens is 5. The highest BCUT2D eigenvalue weighted by Gasteiger charge is 2.42. The molecule has 0 spiro atoms. The van der Waals surface area contributed by atoms with Crippen molar-refractivity contribution in [2.75, 3.05) is 19.6 Å². The van der Waals surface area contributed by atoms with E-state index >= 15 is 0 Å². The van der Waals surface area contributed by atoms with E-state index in [1.165, 1.54) is 4.90 Å². The second-order valence-corrected chi connectivity index (χ2v) is 17.7. The molecular weight excluding hydrogens is 781 g/mol. The number of aromatic hydroxyl groups is 1. The molecule has 60 heavy (non-hydrogen) atoms. The number of hydrogen-bond acceptors (Lipinski definition) is 11. The third kappa shape index (κ3) is 7.67. The predicted molar refractivity (Wildman–Crippen MR) is 225 cm³/mol. The Morgan fingerprint density at radius 1 is 1.05 bits per heavy atom. The molecule has 6 aromatic rings. The zero-order valence-electron chi connectivity index (χ0n) is 33.8. The van der Waals surface area contributed by atoms with E-state index in [0.29, 0.717) is 48.7 Å². The van der Waals surface area contributed by atoms with Gasteiger partial charge in [0, 0.05) is 79.5 Å². The van der Waals surface area contributed by atoms with Gasteiger partial charge in [-0.1, -0.05) is 55.4 Å². The van der Waals surface area contributed by atoms with Gasteiger partial charge in [0.25, 0.3) is 0 Å². The van der Waals surface area contributed by atoms with Crippen LogP contribution in [0.2, 0.25) is 0 Å². The zero-order chi connectivity index (χ0) is 41.7. The molecule has 1 aliphatic carbocycles. The number of aliphatic hydroxyl groups excluding tert-OH is 1. The molecule has 2 fully saturated rings. The largest absolute Gasteiger partial charge is 0.507 e. The fourth-order valence-electron chi connectivity index (χ4n) is 8.98. The van der Waals surface area contributed by atoms with Crippen molar-refractivity contribution in [3.63, 3.8) is 0 Å². The van der Waals surface area contributed by atoms with E-state index in [1.807, 2.05) is 79.7 Å². The van der Waals surface area contributed by atoms with Crippen molar-refractivity contribution in [1.29, 1.82) is 0 Å². The van der Waals surface area contributed by atoms with E-state index in [9.17, 15) is 24.6 Å². The van der Waals surface area contributed by atoms with Gasteiger partial charge in [-0.05, 0) is 67.0 Å². The molecule has 3 amide bonds. The van der Waals surface area contributed by atoms with Gasteiger partial charge in [0.1, 0.15) is 17.6 Å². The van der Waals surface area contributed by atoms with Crippen LogP contribution in [0, 0.1) is 18.8 Å². The molecule has 6 heterocycles. The number of thiazole rings is 1. The fourth-order valence-corrected chi connectivity index (χ4v) is 9.80. The zero-order valence-corrected chi connectivity index (χ0v) is 34.6. The first-order valence-corrected chi connectivity index (χ1v) is 21.5. The number of benzene rings is 2. The van der Waals surface area contributed by atoms with Crippen LogP contribution in [0.25, 0.3) is 32.7 Å². The summed E-state index contributed by atoms with van der Waals surface area (Å²) in [6.45, 7) is 7.50. The van der Waals surface area contributed by atoms with Crippen LogP contribution in [0.4, 0.5) is 0 Å². The van der Waals surface area contributed by atoms with Gasteiger partial charge in [0.15, 0.2) is 5.65 Å². The van der Waals surface area contributed by atoms with E-state index in [2.05, 4.69) is 30.6 Å². The van der Waals surface area contributed by atoms with Crippen molar-refractivity contribution >= 4 is 40.1 Å². The van der Waals surface area contributed by atoms with Crippen LogP contribution in [0.5, 0.6) is 5.75 Å². The lowest BCUT2D eigenvalue weighted by atomic mass is 9.83. The van der Waals surface area contributed by atoms with Crippen LogP contribution < -0.4 is 5.32 Å². The van der Waals surface area contributed by atoms with Crippen molar-refractivity contribution in [1.82, 2.24) is 40.4 Å². The number of likely N-dealkylation sites (tertiary alicyclic amines) is 2. The lowest BCUT2D eigenvalue weighted by Crippen LogP contribution is -2.51. The highest BCUT2D eigenvalue weighted by Crippen LogP contribution is 2.38. The van der Waals surface area contributed by atoms with Gasteiger partial charge >= 0.3 is 0 Å². The Hall–Kier alpha value is -5.93. The number of fused-ring (bicyclic) bond motifs is 3. The number of phenolic OH excluding ortho intramolecular Hbond substituents is 1. The third-order valence-electron chi connectivity index (χ3n) is 12.5. The summed E-state index contributed by atoms with van der Waals surface area (Å²) >= 11 is 1.59. The SMILES string of the molecule is Cc1ncsc1-c1ccc(CNC(=O)[C@@H]2C[C@@H](O)CN2C(=O)C[C@@H](c2cc(C3CN(C(=O)[C@H]4CCc5[nH]c6nnc(-c7ccccc7O)cc6c5C4)C3)no2)C(C)C)cc1. The maximum atomic E-state index is 13.9. The molecule has 4 aromatic heterocycles. The molecule has 15 heteroatoms. The summed E-state index contributed by atoms with van der Waals surface area (Å²) < 4.78 is 5.88. The minimum atomic E-state index is -0.791. The Morgan fingerprint density at radius 2 is 1.85 bits per heavy atom. The Labute approximate surface area is 351 Å². The quantitative estimate of drug-likeness (QED) is 0.123. The van der Waals surface area contributed by atoms with Crippen LogP contribution in [0.1, 0.15) is 78.9 Å². The average Bonchev–Trinajstić information content (AvgIpc) is 4.04. The van der Waals surface area contributed by atoms with E-state index in [1.54, 1.807) is 23.5 Å². The first-order valence-electron chi connectivity index (χ1n) is 20.7. The molecule has 0 unspecified atom stereocenters. The van der Waals surface area contributed by atoms with Gasteiger partial charge in [-0.25, -0.2) is 4.98 Å². The maximum Gasteiger partial charge on any atom is 0.243 e. The van der Waals surface area contributed by atoms with Gasteiger partial charge < -0.3 is 34.8 Å². The second-order valence-electron chi connectivity index (χ2n) is 16.8. The highest BCUT2D eigenvalue weighted by atomic mass is 32.1. The van der Waals surface area contributed by atoms with Crippen LogP contribution in [-0.4, -0.2) is 94.8 Å². The molecule has 0 bridgehead atoms. The molecule has 310 valence electrons. The number of aryl methyl sites for hydroxylation is 2. The fraction of sp³-hybridized carbons (Fsp3) is 0.400. The number of β-amino-alcohol motifs (C(OH)–C–C–N with tert-alkyl or cyclic N) is 1. The van der Waals surface area contributed by atoms with Crippen molar-refractivity contribution < 1.29 is 29.1 Å². The van der Waals surface area contributed by atoms with Gasteiger partial charge in [-0.2, -0.15) is 0 Å². The van der Waals surface area contributed by atoms with Crippen molar-refractivity contribution in [3.05, 3.63) is 100 Å². The van der Waals surface area contributed by atoms with E-state index in [0.717, 1.165) is 56.9 Å².